The fraction of sp³-hybridized carbons (Fsp3) is 0.200. The molecule has 3 aromatic carbocycles. The Balaban J connectivity index is 2.02. The number of hydrogen-bond acceptors (Lipinski definition) is 4. The van der Waals surface area contributed by atoms with E-state index in [4.69, 9.17) is 11.6 Å². The lowest BCUT2D eigenvalue weighted by Gasteiger charge is -2.32. The molecule has 3 rings (SSSR count). The third kappa shape index (κ3) is 6.17. The fourth-order valence-corrected chi connectivity index (χ4v) is 5.09. The first-order valence-corrected chi connectivity index (χ1v) is 12.5. The predicted molar refractivity (Wildman–Crippen MR) is 133 cm³/mol. The number of amides is 2. The first-order valence-electron chi connectivity index (χ1n) is 10.7. The van der Waals surface area contributed by atoms with Crippen LogP contribution in [0.5, 0.6) is 0 Å². The van der Waals surface area contributed by atoms with Crippen molar-refractivity contribution in [3.8, 4) is 0 Å². The van der Waals surface area contributed by atoms with Gasteiger partial charge in [-0.05, 0) is 55.0 Å². The summed E-state index contributed by atoms with van der Waals surface area (Å²) in [4.78, 5) is 27.2. The van der Waals surface area contributed by atoms with Crippen LogP contribution in [0.2, 0.25) is 5.02 Å². The van der Waals surface area contributed by atoms with Crippen LogP contribution < -0.4 is 9.62 Å². The number of sulfonamides is 1. The minimum absolute atomic E-state index is 0.0181. The van der Waals surface area contributed by atoms with E-state index in [1.54, 1.807) is 49.4 Å². The summed E-state index contributed by atoms with van der Waals surface area (Å²) >= 11 is 6.28. The maximum absolute atomic E-state index is 13.6. The molecule has 0 aromatic heterocycles. The molecule has 0 aliphatic rings. The van der Waals surface area contributed by atoms with Gasteiger partial charge in [0.15, 0.2) is 0 Å². The third-order valence-electron chi connectivity index (χ3n) is 5.44. The summed E-state index contributed by atoms with van der Waals surface area (Å²) in [5.74, 6) is -1.61. The van der Waals surface area contributed by atoms with Crippen LogP contribution in [0.25, 0.3) is 0 Å². The molecule has 1 atom stereocenters. The van der Waals surface area contributed by atoms with Crippen LogP contribution in [0.3, 0.4) is 0 Å². The third-order valence-corrected chi connectivity index (χ3v) is 7.59. The molecule has 0 heterocycles. The van der Waals surface area contributed by atoms with Gasteiger partial charge < -0.3 is 10.2 Å². The second kappa shape index (κ2) is 11.3. The number of rotatable bonds is 9. The number of likely N-dealkylation sites (N-methyl/N-ethyl adjacent to an activating group) is 1. The van der Waals surface area contributed by atoms with Gasteiger partial charge in [-0.2, -0.15) is 0 Å². The van der Waals surface area contributed by atoms with Crippen LogP contribution in [-0.2, 0) is 26.2 Å². The number of nitrogens with one attached hydrogen (secondary N) is 1. The van der Waals surface area contributed by atoms with E-state index in [0.29, 0.717) is 10.6 Å². The minimum Gasteiger partial charge on any atom is -0.357 e. The van der Waals surface area contributed by atoms with Crippen molar-refractivity contribution < 1.29 is 22.4 Å². The summed E-state index contributed by atoms with van der Waals surface area (Å²) in [6, 6.07) is 18.4. The lowest BCUT2D eigenvalue weighted by molar-refractivity contribution is -0.139. The summed E-state index contributed by atoms with van der Waals surface area (Å²) in [5.41, 5.74) is 0.700. The Morgan fingerprint density at radius 1 is 0.971 bits per heavy atom. The first-order chi connectivity index (χ1) is 16.6. The molecule has 2 amide bonds. The Morgan fingerprint density at radius 3 is 2.17 bits per heavy atom. The summed E-state index contributed by atoms with van der Waals surface area (Å²) < 4.78 is 41.5. The lowest BCUT2D eigenvalue weighted by atomic mass is 10.1. The smallest absolute Gasteiger partial charge is 0.264 e. The lowest BCUT2D eigenvalue weighted by Crippen LogP contribution is -2.50. The molecule has 35 heavy (non-hydrogen) atoms. The van der Waals surface area contributed by atoms with Crippen LogP contribution in [0, 0.1) is 5.82 Å². The number of benzene rings is 3. The average molecular weight is 518 g/mol. The highest BCUT2D eigenvalue weighted by atomic mass is 35.5. The zero-order valence-corrected chi connectivity index (χ0v) is 20.8. The normalized spacial score (nSPS) is 12.0. The molecule has 0 radical (unpaired) electrons. The monoisotopic (exact) mass is 517 g/mol. The number of nitrogens with zero attached hydrogens (tertiary/aromatic N) is 2. The van der Waals surface area contributed by atoms with Gasteiger partial charge in [0.1, 0.15) is 18.4 Å². The molecule has 0 aliphatic heterocycles. The zero-order valence-electron chi connectivity index (χ0n) is 19.2. The molecule has 0 spiro atoms. The van der Waals surface area contributed by atoms with Gasteiger partial charge in [-0.15, -0.1) is 0 Å². The summed E-state index contributed by atoms with van der Waals surface area (Å²) in [6.45, 7) is 0.909. The molecule has 0 unspecified atom stereocenters. The quantitative estimate of drug-likeness (QED) is 0.467. The standard InChI is InChI=1S/C25H25ClFN3O4S/c1-18(25(32)28-2)29(16-19-8-6-7-11-23(19)26)24(31)17-30(21-14-12-20(27)13-15-21)35(33,34)22-9-4-3-5-10-22/h3-15,18H,16-17H2,1-2H3,(H,28,32)/t18-/m0/s1. The maximum Gasteiger partial charge on any atom is 0.264 e. The Kier molecular flexibility index (Phi) is 8.48. The molecule has 184 valence electrons. The molecular weight excluding hydrogens is 493 g/mol. The SMILES string of the molecule is CNC(=O)[C@H](C)N(Cc1ccccc1Cl)C(=O)CN(c1ccc(F)cc1)S(=O)(=O)c1ccccc1. The van der Waals surface area contributed by atoms with Crippen molar-refractivity contribution in [3.63, 3.8) is 0 Å². The number of carbonyl (C=O) groups is 2. The van der Waals surface area contributed by atoms with E-state index in [0.717, 1.165) is 16.4 Å². The maximum atomic E-state index is 13.6. The Hall–Kier alpha value is -3.43. The highest BCUT2D eigenvalue weighted by Gasteiger charge is 2.32. The van der Waals surface area contributed by atoms with Crippen molar-refractivity contribution in [2.45, 2.75) is 24.4 Å². The van der Waals surface area contributed by atoms with E-state index >= 15 is 0 Å². The van der Waals surface area contributed by atoms with Crippen molar-refractivity contribution >= 4 is 39.1 Å². The Bertz CT molecular complexity index is 1290. The number of anilines is 1. The van der Waals surface area contributed by atoms with Gasteiger partial charge in [-0.3, -0.25) is 13.9 Å². The van der Waals surface area contributed by atoms with Gasteiger partial charge in [0.2, 0.25) is 11.8 Å². The van der Waals surface area contributed by atoms with Crippen molar-refractivity contribution in [1.82, 2.24) is 10.2 Å². The molecule has 0 fully saturated rings. The molecule has 0 saturated heterocycles. The topological polar surface area (TPSA) is 86.8 Å². The highest BCUT2D eigenvalue weighted by molar-refractivity contribution is 7.92. The summed E-state index contributed by atoms with van der Waals surface area (Å²) in [7, 11) is -2.75. The average Bonchev–Trinajstić information content (AvgIpc) is 2.86. The molecule has 0 saturated carbocycles. The van der Waals surface area contributed by atoms with Crippen molar-refractivity contribution in [3.05, 3.63) is 95.3 Å². The van der Waals surface area contributed by atoms with Gasteiger partial charge >= 0.3 is 0 Å². The van der Waals surface area contributed by atoms with Crippen LogP contribution in [0.15, 0.2) is 83.8 Å². The molecule has 1 N–H and O–H groups in total. The molecule has 7 nitrogen and oxygen atoms in total. The Labute approximate surface area is 209 Å². The van der Waals surface area contributed by atoms with E-state index in [2.05, 4.69) is 5.32 Å². The minimum atomic E-state index is -4.19. The van der Waals surface area contributed by atoms with Crippen molar-refractivity contribution in [2.24, 2.45) is 0 Å². The first kappa shape index (κ1) is 26.2. The fourth-order valence-electron chi connectivity index (χ4n) is 3.46. The second-order valence-electron chi connectivity index (χ2n) is 7.70. The van der Waals surface area contributed by atoms with Crippen molar-refractivity contribution in [2.75, 3.05) is 17.9 Å². The van der Waals surface area contributed by atoms with Gasteiger partial charge in [-0.1, -0.05) is 48.0 Å². The van der Waals surface area contributed by atoms with E-state index in [1.807, 2.05) is 0 Å². The molecule has 0 bridgehead atoms. The van der Waals surface area contributed by atoms with E-state index in [-0.39, 0.29) is 17.1 Å². The molecule has 10 heteroatoms. The summed E-state index contributed by atoms with van der Waals surface area (Å²) in [6.07, 6.45) is 0. The predicted octanol–water partition coefficient (Wildman–Crippen LogP) is 3.84. The van der Waals surface area contributed by atoms with E-state index in [1.165, 1.54) is 36.2 Å². The van der Waals surface area contributed by atoms with Gasteiger partial charge in [-0.25, -0.2) is 12.8 Å². The van der Waals surface area contributed by atoms with E-state index < -0.39 is 40.2 Å². The molecular formula is C25H25ClFN3O4S. The van der Waals surface area contributed by atoms with Gasteiger partial charge in [0.05, 0.1) is 10.6 Å². The Morgan fingerprint density at radius 2 is 1.57 bits per heavy atom. The number of hydrogen-bond donors (Lipinski definition) is 1. The number of carbonyl (C=O) groups excluding carboxylic acids is 2. The van der Waals surface area contributed by atoms with Crippen molar-refractivity contribution in [1.29, 1.82) is 0 Å². The highest BCUT2D eigenvalue weighted by Crippen LogP contribution is 2.25. The van der Waals surface area contributed by atoms with Crippen LogP contribution in [0.4, 0.5) is 10.1 Å². The van der Waals surface area contributed by atoms with Gasteiger partial charge in [0.25, 0.3) is 10.0 Å². The number of halogens is 2. The van der Waals surface area contributed by atoms with Crippen LogP contribution in [0.1, 0.15) is 12.5 Å². The molecule has 3 aromatic rings. The van der Waals surface area contributed by atoms with Crippen LogP contribution >= 0.6 is 11.6 Å². The largest absolute Gasteiger partial charge is 0.357 e. The molecule has 0 aliphatic carbocycles. The van der Waals surface area contributed by atoms with Gasteiger partial charge in [0, 0.05) is 18.6 Å². The summed E-state index contributed by atoms with van der Waals surface area (Å²) in [5, 5.41) is 2.91. The van der Waals surface area contributed by atoms with Crippen LogP contribution in [-0.4, -0.2) is 44.8 Å². The zero-order chi connectivity index (χ0) is 25.6. The second-order valence-corrected chi connectivity index (χ2v) is 9.97. The van der Waals surface area contributed by atoms with E-state index in [9.17, 15) is 22.4 Å².